The lowest BCUT2D eigenvalue weighted by Gasteiger charge is -2.06. The van der Waals surface area contributed by atoms with Crippen molar-refractivity contribution in [3.05, 3.63) is 104 Å². The number of benzene rings is 3. The lowest BCUT2D eigenvalue weighted by atomic mass is 10.2. The number of para-hydroxylation sites is 1. The van der Waals surface area contributed by atoms with Crippen LogP contribution in [0.2, 0.25) is 10.0 Å². The molecule has 4 rings (SSSR count). The molecule has 1 N–H and O–H groups in total. The third kappa shape index (κ3) is 4.30. The molecule has 0 bridgehead atoms. The van der Waals surface area contributed by atoms with Gasteiger partial charge in [-0.2, -0.15) is 5.10 Å². The number of nitro groups is 1. The Kier molecular flexibility index (Phi) is 5.70. The number of hydrazone groups is 1. The van der Waals surface area contributed by atoms with Crippen LogP contribution < -0.4 is 5.43 Å². The molecule has 150 valence electrons. The van der Waals surface area contributed by atoms with Crippen LogP contribution in [0.25, 0.3) is 10.9 Å². The summed E-state index contributed by atoms with van der Waals surface area (Å²) in [6.07, 6.45) is 3.75. The molecule has 0 radical (unpaired) electrons. The molecule has 6 nitrogen and oxygen atoms in total. The van der Waals surface area contributed by atoms with E-state index in [0.717, 1.165) is 22.0 Å². The molecular weight excluding hydrogens is 423 g/mol. The minimum absolute atomic E-state index is 0.0369. The van der Waals surface area contributed by atoms with E-state index in [9.17, 15) is 10.1 Å². The highest BCUT2D eigenvalue weighted by Gasteiger charge is 2.08. The Hall–Kier alpha value is -3.35. The van der Waals surface area contributed by atoms with E-state index < -0.39 is 4.92 Å². The van der Waals surface area contributed by atoms with E-state index in [-0.39, 0.29) is 5.69 Å². The molecule has 1 heterocycles. The number of non-ortho nitro benzene ring substituents is 1. The Morgan fingerprint density at radius 2 is 1.80 bits per heavy atom. The van der Waals surface area contributed by atoms with Crippen LogP contribution in [-0.4, -0.2) is 15.7 Å². The summed E-state index contributed by atoms with van der Waals surface area (Å²) in [6, 6.07) is 19.8. The van der Waals surface area contributed by atoms with Crippen molar-refractivity contribution in [3.63, 3.8) is 0 Å². The highest BCUT2D eigenvalue weighted by atomic mass is 35.5. The van der Waals surface area contributed by atoms with Crippen molar-refractivity contribution in [2.45, 2.75) is 6.54 Å². The van der Waals surface area contributed by atoms with Crippen molar-refractivity contribution in [2.75, 3.05) is 5.43 Å². The molecule has 1 aromatic heterocycles. The molecule has 0 amide bonds. The SMILES string of the molecule is O=[N+]([O-])c1ccc(N/N=C/c2cn(Cc3ccc(Cl)c(Cl)c3)c3ccccc23)cc1. The van der Waals surface area contributed by atoms with Crippen LogP contribution in [0.3, 0.4) is 0 Å². The van der Waals surface area contributed by atoms with Crippen LogP contribution in [0.15, 0.2) is 78.0 Å². The smallest absolute Gasteiger partial charge is 0.269 e. The summed E-state index contributed by atoms with van der Waals surface area (Å²) in [7, 11) is 0. The summed E-state index contributed by atoms with van der Waals surface area (Å²) < 4.78 is 2.13. The van der Waals surface area contributed by atoms with Gasteiger partial charge in [-0.3, -0.25) is 15.5 Å². The third-order valence-electron chi connectivity index (χ3n) is 4.63. The molecule has 0 fully saturated rings. The molecule has 0 saturated heterocycles. The van der Waals surface area contributed by atoms with Gasteiger partial charge in [0.1, 0.15) is 0 Å². The zero-order valence-electron chi connectivity index (χ0n) is 15.6. The van der Waals surface area contributed by atoms with Crippen LogP contribution in [0, 0.1) is 10.1 Å². The van der Waals surface area contributed by atoms with Crippen LogP contribution in [0.1, 0.15) is 11.1 Å². The lowest BCUT2D eigenvalue weighted by Crippen LogP contribution is -1.98. The highest BCUT2D eigenvalue weighted by Crippen LogP contribution is 2.25. The van der Waals surface area contributed by atoms with Gasteiger partial charge in [0.2, 0.25) is 0 Å². The fourth-order valence-electron chi connectivity index (χ4n) is 3.18. The van der Waals surface area contributed by atoms with E-state index >= 15 is 0 Å². The summed E-state index contributed by atoms with van der Waals surface area (Å²) in [6.45, 7) is 0.640. The Balaban J connectivity index is 1.57. The van der Waals surface area contributed by atoms with Gasteiger partial charge >= 0.3 is 0 Å². The second-order valence-electron chi connectivity index (χ2n) is 6.65. The molecule has 0 aliphatic rings. The monoisotopic (exact) mass is 438 g/mol. The minimum Gasteiger partial charge on any atom is -0.342 e. The third-order valence-corrected chi connectivity index (χ3v) is 5.37. The van der Waals surface area contributed by atoms with Crippen molar-refractivity contribution in [3.8, 4) is 0 Å². The summed E-state index contributed by atoms with van der Waals surface area (Å²) in [5.74, 6) is 0. The van der Waals surface area contributed by atoms with Crippen molar-refractivity contribution in [1.29, 1.82) is 0 Å². The maximum Gasteiger partial charge on any atom is 0.269 e. The molecule has 4 aromatic rings. The topological polar surface area (TPSA) is 72.5 Å². The summed E-state index contributed by atoms with van der Waals surface area (Å²) >= 11 is 12.2. The van der Waals surface area contributed by atoms with Crippen molar-refractivity contribution in [2.24, 2.45) is 5.10 Å². The fraction of sp³-hybridized carbons (Fsp3) is 0.0455. The molecular formula is C22H16Cl2N4O2. The van der Waals surface area contributed by atoms with Gasteiger partial charge in [-0.05, 0) is 35.9 Å². The number of halogens is 2. The normalized spacial score (nSPS) is 11.3. The largest absolute Gasteiger partial charge is 0.342 e. The standard InChI is InChI=1S/C22H16Cl2N4O2/c23-20-10-5-15(11-21(20)24)13-27-14-16(19-3-1-2-4-22(19)27)12-25-26-17-6-8-18(9-7-17)28(29)30/h1-12,14,26H,13H2/b25-12+. The Labute approximate surface area is 182 Å². The van der Waals surface area contributed by atoms with E-state index in [2.05, 4.69) is 15.1 Å². The van der Waals surface area contributed by atoms with Gasteiger partial charge in [0.25, 0.3) is 5.69 Å². The van der Waals surface area contributed by atoms with E-state index in [1.807, 2.05) is 42.6 Å². The van der Waals surface area contributed by atoms with Crippen LogP contribution in [0.5, 0.6) is 0 Å². The van der Waals surface area contributed by atoms with E-state index in [1.54, 1.807) is 24.4 Å². The lowest BCUT2D eigenvalue weighted by molar-refractivity contribution is -0.384. The molecule has 0 aliphatic heterocycles. The summed E-state index contributed by atoms with van der Waals surface area (Å²) in [4.78, 5) is 10.3. The maximum atomic E-state index is 10.7. The predicted molar refractivity (Wildman–Crippen MR) is 122 cm³/mol. The fourth-order valence-corrected chi connectivity index (χ4v) is 3.50. The molecule has 3 aromatic carbocycles. The number of nitrogens with one attached hydrogen (secondary N) is 1. The van der Waals surface area contributed by atoms with Gasteiger partial charge < -0.3 is 4.57 Å². The first-order chi connectivity index (χ1) is 14.5. The minimum atomic E-state index is -0.435. The zero-order valence-corrected chi connectivity index (χ0v) is 17.1. The first kappa shape index (κ1) is 19.9. The van der Waals surface area contributed by atoms with Gasteiger partial charge in [-0.15, -0.1) is 0 Å². The van der Waals surface area contributed by atoms with Gasteiger partial charge in [0.15, 0.2) is 0 Å². The molecule has 0 atom stereocenters. The average Bonchev–Trinajstić information content (AvgIpc) is 3.09. The van der Waals surface area contributed by atoms with Crippen LogP contribution in [-0.2, 0) is 6.54 Å². The molecule has 0 saturated carbocycles. The van der Waals surface area contributed by atoms with Crippen molar-refractivity contribution < 1.29 is 4.92 Å². The quantitative estimate of drug-likeness (QED) is 0.216. The number of hydrogen-bond donors (Lipinski definition) is 1. The van der Waals surface area contributed by atoms with Crippen molar-refractivity contribution >= 4 is 51.7 Å². The number of hydrogen-bond acceptors (Lipinski definition) is 4. The van der Waals surface area contributed by atoms with Crippen LogP contribution >= 0.6 is 23.2 Å². The molecule has 0 aliphatic carbocycles. The number of nitro benzene ring substituents is 1. The van der Waals surface area contributed by atoms with Gasteiger partial charge in [0.05, 0.1) is 26.9 Å². The molecule has 30 heavy (non-hydrogen) atoms. The Bertz CT molecular complexity index is 1250. The van der Waals surface area contributed by atoms with E-state index in [1.165, 1.54) is 12.1 Å². The first-order valence-electron chi connectivity index (χ1n) is 9.06. The Morgan fingerprint density at radius 1 is 1.03 bits per heavy atom. The number of nitrogens with zero attached hydrogens (tertiary/aromatic N) is 3. The number of rotatable bonds is 6. The number of aromatic nitrogens is 1. The highest BCUT2D eigenvalue weighted by molar-refractivity contribution is 6.42. The van der Waals surface area contributed by atoms with Gasteiger partial charge in [0, 0.05) is 41.3 Å². The predicted octanol–water partition coefficient (Wildman–Crippen LogP) is 6.35. The second kappa shape index (κ2) is 8.57. The molecule has 8 heteroatoms. The summed E-state index contributed by atoms with van der Waals surface area (Å²) in [5.41, 5.74) is 6.66. The number of anilines is 1. The van der Waals surface area contributed by atoms with Gasteiger partial charge in [-0.1, -0.05) is 47.5 Å². The van der Waals surface area contributed by atoms with Gasteiger partial charge in [-0.25, -0.2) is 0 Å². The van der Waals surface area contributed by atoms with E-state index in [4.69, 9.17) is 23.2 Å². The number of fused-ring (bicyclic) bond motifs is 1. The van der Waals surface area contributed by atoms with Crippen LogP contribution in [0.4, 0.5) is 11.4 Å². The Morgan fingerprint density at radius 3 is 2.53 bits per heavy atom. The second-order valence-corrected chi connectivity index (χ2v) is 7.47. The molecule has 0 unspecified atom stereocenters. The average molecular weight is 439 g/mol. The summed E-state index contributed by atoms with van der Waals surface area (Å²) in [5, 5.41) is 17.1. The first-order valence-corrected chi connectivity index (χ1v) is 9.82. The van der Waals surface area contributed by atoms with Crippen molar-refractivity contribution in [1.82, 2.24) is 4.57 Å². The van der Waals surface area contributed by atoms with E-state index in [0.29, 0.717) is 22.3 Å². The molecule has 0 spiro atoms. The maximum absolute atomic E-state index is 10.7. The zero-order chi connectivity index (χ0) is 21.1.